The third kappa shape index (κ3) is 6.13. The maximum absolute atomic E-state index is 12.3. The summed E-state index contributed by atoms with van der Waals surface area (Å²) in [7, 11) is 3.06. The van der Waals surface area contributed by atoms with Crippen LogP contribution < -0.4 is 25.8 Å². The van der Waals surface area contributed by atoms with Crippen molar-refractivity contribution >= 4 is 23.6 Å². The van der Waals surface area contributed by atoms with Crippen LogP contribution in [0.2, 0.25) is 0 Å². The number of rotatable bonds is 8. The second-order valence-corrected chi connectivity index (χ2v) is 6.02. The highest BCUT2D eigenvalue weighted by molar-refractivity contribution is 5.94. The minimum atomic E-state index is -1.02. The monoisotopic (exact) mass is 401 g/mol. The molecule has 1 atom stereocenters. The van der Waals surface area contributed by atoms with Gasteiger partial charge in [0, 0.05) is 12.2 Å². The minimum absolute atomic E-state index is 0.177. The lowest BCUT2D eigenvalue weighted by Crippen LogP contribution is -2.35. The van der Waals surface area contributed by atoms with E-state index < -0.39 is 24.0 Å². The largest absolute Gasteiger partial charge is 0.493 e. The first-order valence-electron chi connectivity index (χ1n) is 8.70. The summed E-state index contributed by atoms with van der Waals surface area (Å²) < 4.78 is 15.6. The fourth-order valence-corrected chi connectivity index (χ4v) is 2.47. The standard InChI is InChI=1S/C20H23N3O6/c1-12(29-19(25)14-5-4-6-15(10-14)23-20(21)26)18(24)22-11-13-7-8-16(27-2)17(9-13)28-3/h4-10,12H,11H2,1-3H3,(H,22,24)(H3,21,23,26)/t12-/m0/s1. The Labute approximate surface area is 168 Å². The van der Waals surface area contributed by atoms with Crippen LogP contribution >= 0.6 is 0 Å². The molecule has 3 amide bonds. The molecule has 0 bridgehead atoms. The Morgan fingerprint density at radius 3 is 2.41 bits per heavy atom. The van der Waals surface area contributed by atoms with Crippen LogP contribution in [0.25, 0.3) is 0 Å². The number of esters is 1. The second-order valence-electron chi connectivity index (χ2n) is 6.02. The summed E-state index contributed by atoms with van der Waals surface area (Å²) in [4.78, 5) is 35.4. The average Bonchev–Trinajstić information content (AvgIpc) is 2.71. The molecule has 0 aliphatic rings. The maximum Gasteiger partial charge on any atom is 0.338 e. The Morgan fingerprint density at radius 2 is 1.76 bits per heavy atom. The molecule has 0 radical (unpaired) electrons. The van der Waals surface area contributed by atoms with Gasteiger partial charge in [0.1, 0.15) is 0 Å². The zero-order valence-corrected chi connectivity index (χ0v) is 16.4. The number of carbonyl (C=O) groups is 3. The molecule has 29 heavy (non-hydrogen) atoms. The van der Waals surface area contributed by atoms with E-state index in [0.29, 0.717) is 17.2 Å². The van der Waals surface area contributed by atoms with E-state index in [1.54, 1.807) is 30.3 Å². The number of amides is 3. The zero-order valence-electron chi connectivity index (χ0n) is 16.4. The molecule has 4 N–H and O–H groups in total. The van der Waals surface area contributed by atoms with Gasteiger partial charge < -0.3 is 30.6 Å². The van der Waals surface area contributed by atoms with E-state index in [1.807, 2.05) is 0 Å². The van der Waals surface area contributed by atoms with Crippen molar-refractivity contribution in [2.45, 2.75) is 19.6 Å². The van der Waals surface area contributed by atoms with Gasteiger partial charge >= 0.3 is 12.0 Å². The lowest BCUT2D eigenvalue weighted by Gasteiger charge is -2.15. The zero-order chi connectivity index (χ0) is 21.4. The predicted octanol–water partition coefficient (Wildman–Crippen LogP) is 2.06. The average molecular weight is 401 g/mol. The minimum Gasteiger partial charge on any atom is -0.493 e. The molecule has 2 rings (SSSR count). The van der Waals surface area contributed by atoms with Crippen molar-refractivity contribution in [1.29, 1.82) is 0 Å². The summed E-state index contributed by atoms with van der Waals surface area (Å²) in [5, 5.41) is 5.06. The number of anilines is 1. The number of urea groups is 1. The van der Waals surface area contributed by atoms with Crippen molar-refractivity contribution in [2.75, 3.05) is 19.5 Å². The first-order valence-corrected chi connectivity index (χ1v) is 8.70. The molecular weight excluding hydrogens is 378 g/mol. The molecule has 2 aromatic rings. The Bertz CT molecular complexity index is 900. The third-order valence-corrected chi connectivity index (χ3v) is 3.93. The van der Waals surface area contributed by atoms with Gasteiger partial charge in [0.25, 0.3) is 5.91 Å². The topological polar surface area (TPSA) is 129 Å². The van der Waals surface area contributed by atoms with Crippen LogP contribution in [0.5, 0.6) is 11.5 Å². The molecule has 0 unspecified atom stereocenters. The van der Waals surface area contributed by atoms with E-state index >= 15 is 0 Å². The number of primary amides is 1. The Morgan fingerprint density at radius 1 is 1.03 bits per heavy atom. The number of benzene rings is 2. The molecule has 0 fully saturated rings. The fourth-order valence-electron chi connectivity index (χ4n) is 2.47. The highest BCUT2D eigenvalue weighted by Crippen LogP contribution is 2.27. The van der Waals surface area contributed by atoms with Gasteiger partial charge in [0.2, 0.25) is 0 Å². The number of nitrogens with two attached hydrogens (primary N) is 1. The third-order valence-electron chi connectivity index (χ3n) is 3.93. The number of hydrogen-bond donors (Lipinski definition) is 3. The van der Waals surface area contributed by atoms with Crippen LogP contribution in [0.1, 0.15) is 22.8 Å². The SMILES string of the molecule is COc1ccc(CNC(=O)[C@H](C)OC(=O)c2cccc(NC(N)=O)c2)cc1OC. The Balaban J connectivity index is 1.93. The van der Waals surface area contributed by atoms with Gasteiger partial charge in [-0.1, -0.05) is 12.1 Å². The van der Waals surface area contributed by atoms with E-state index in [-0.39, 0.29) is 12.1 Å². The maximum atomic E-state index is 12.3. The summed E-state index contributed by atoms with van der Waals surface area (Å²) in [5.74, 6) is -0.0347. The number of methoxy groups -OCH3 is 2. The summed E-state index contributed by atoms with van der Waals surface area (Å²) in [5.41, 5.74) is 6.37. The van der Waals surface area contributed by atoms with Crippen LogP contribution in [0.15, 0.2) is 42.5 Å². The van der Waals surface area contributed by atoms with Gasteiger partial charge in [-0.2, -0.15) is 0 Å². The van der Waals surface area contributed by atoms with E-state index in [9.17, 15) is 14.4 Å². The number of hydrogen-bond acceptors (Lipinski definition) is 6. The normalized spacial score (nSPS) is 11.1. The van der Waals surface area contributed by atoms with Crippen LogP contribution in [0.3, 0.4) is 0 Å². The lowest BCUT2D eigenvalue weighted by molar-refractivity contribution is -0.129. The van der Waals surface area contributed by atoms with Crippen molar-refractivity contribution in [1.82, 2.24) is 5.32 Å². The fraction of sp³-hybridized carbons (Fsp3) is 0.250. The Kier molecular flexibility index (Phi) is 7.41. The van der Waals surface area contributed by atoms with Gasteiger partial charge in [-0.3, -0.25) is 4.79 Å². The summed E-state index contributed by atoms with van der Waals surface area (Å²) >= 11 is 0. The second kappa shape index (κ2) is 9.98. The molecule has 0 saturated heterocycles. The van der Waals surface area contributed by atoms with Crippen LogP contribution in [0, 0.1) is 0 Å². The van der Waals surface area contributed by atoms with Gasteiger partial charge in [0.05, 0.1) is 19.8 Å². The first-order chi connectivity index (χ1) is 13.8. The van der Waals surface area contributed by atoms with E-state index in [0.717, 1.165) is 5.56 Å². The van der Waals surface area contributed by atoms with Crippen molar-refractivity contribution in [3.05, 3.63) is 53.6 Å². The van der Waals surface area contributed by atoms with Crippen LogP contribution in [0.4, 0.5) is 10.5 Å². The van der Waals surface area contributed by atoms with Crippen molar-refractivity contribution < 1.29 is 28.6 Å². The summed E-state index contributed by atoms with van der Waals surface area (Å²) in [6.45, 7) is 1.69. The van der Waals surface area contributed by atoms with Crippen LogP contribution in [-0.4, -0.2) is 38.2 Å². The number of carbonyl (C=O) groups excluding carboxylic acids is 3. The summed E-state index contributed by atoms with van der Waals surface area (Å²) in [6.07, 6.45) is -1.02. The molecule has 0 aliphatic carbocycles. The molecule has 154 valence electrons. The molecule has 0 aromatic heterocycles. The van der Waals surface area contributed by atoms with Gasteiger partial charge in [0.15, 0.2) is 17.6 Å². The van der Waals surface area contributed by atoms with Gasteiger partial charge in [-0.15, -0.1) is 0 Å². The molecule has 0 heterocycles. The van der Waals surface area contributed by atoms with E-state index in [2.05, 4.69) is 10.6 Å². The van der Waals surface area contributed by atoms with Crippen LogP contribution in [-0.2, 0) is 16.1 Å². The molecular formula is C20H23N3O6. The Hall–Kier alpha value is -3.75. The van der Waals surface area contributed by atoms with Crippen molar-refractivity contribution in [2.24, 2.45) is 5.73 Å². The van der Waals surface area contributed by atoms with Crippen molar-refractivity contribution in [3.8, 4) is 11.5 Å². The number of nitrogens with one attached hydrogen (secondary N) is 2. The molecule has 2 aromatic carbocycles. The van der Waals surface area contributed by atoms with Gasteiger partial charge in [-0.05, 0) is 42.8 Å². The lowest BCUT2D eigenvalue weighted by atomic mass is 10.2. The van der Waals surface area contributed by atoms with Gasteiger partial charge in [-0.25, -0.2) is 9.59 Å². The molecule has 0 spiro atoms. The highest BCUT2D eigenvalue weighted by Gasteiger charge is 2.19. The van der Waals surface area contributed by atoms with Crippen molar-refractivity contribution in [3.63, 3.8) is 0 Å². The highest BCUT2D eigenvalue weighted by atomic mass is 16.5. The molecule has 0 saturated carbocycles. The van der Waals surface area contributed by atoms with E-state index in [4.69, 9.17) is 19.9 Å². The molecule has 9 nitrogen and oxygen atoms in total. The predicted molar refractivity (Wildman–Crippen MR) is 106 cm³/mol. The first kappa shape index (κ1) is 21.5. The molecule has 0 aliphatic heterocycles. The quantitative estimate of drug-likeness (QED) is 0.581. The van der Waals surface area contributed by atoms with E-state index in [1.165, 1.54) is 33.3 Å². The number of ether oxygens (including phenoxy) is 3. The molecule has 9 heteroatoms. The smallest absolute Gasteiger partial charge is 0.338 e. The summed E-state index contributed by atoms with van der Waals surface area (Å²) in [6, 6.07) is 10.5.